The van der Waals surface area contributed by atoms with Crippen LogP contribution in [-0.2, 0) is 0 Å². The van der Waals surface area contributed by atoms with E-state index in [-0.39, 0.29) is 5.54 Å². The Morgan fingerprint density at radius 2 is 2.03 bits per heavy atom. The quantitative estimate of drug-likeness (QED) is 0.536. The van der Waals surface area contributed by atoms with Crippen LogP contribution < -0.4 is 20.7 Å². The van der Waals surface area contributed by atoms with Crippen LogP contribution in [0.5, 0.6) is 5.75 Å². The summed E-state index contributed by atoms with van der Waals surface area (Å²) in [5.41, 5.74) is 4.11. The van der Waals surface area contributed by atoms with Gasteiger partial charge in [-0.25, -0.2) is 9.78 Å². The molecule has 4 rings (SSSR count). The maximum Gasteiger partial charge on any atom is 0.324 e. The van der Waals surface area contributed by atoms with Crippen LogP contribution in [0.2, 0.25) is 0 Å². The van der Waals surface area contributed by atoms with Crippen molar-refractivity contribution in [1.29, 1.82) is 0 Å². The number of hydrogen-bond acceptors (Lipinski definition) is 6. The fourth-order valence-electron chi connectivity index (χ4n) is 3.67. The van der Waals surface area contributed by atoms with Gasteiger partial charge in [-0.05, 0) is 76.1 Å². The third kappa shape index (κ3) is 5.39. The molecule has 0 spiro atoms. The van der Waals surface area contributed by atoms with Gasteiger partial charge in [0.05, 0.1) is 30.0 Å². The van der Waals surface area contributed by atoms with E-state index in [0.717, 1.165) is 35.5 Å². The largest absolute Gasteiger partial charge is 0.491 e. The molecule has 32 heavy (non-hydrogen) atoms. The lowest BCUT2D eigenvalue weighted by Crippen LogP contribution is -2.42. The topological polar surface area (TPSA) is 101 Å². The molecule has 0 bridgehead atoms. The number of benzene rings is 1. The van der Waals surface area contributed by atoms with Crippen molar-refractivity contribution in [2.75, 3.05) is 23.8 Å². The van der Waals surface area contributed by atoms with Crippen molar-refractivity contribution in [3.63, 3.8) is 0 Å². The van der Waals surface area contributed by atoms with E-state index in [1.165, 1.54) is 12.6 Å². The minimum atomic E-state index is -0.406. The summed E-state index contributed by atoms with van der Waals surface area (Å²) >= 11 is 0. The molecule has 1 unspecified atom stereocenters. The highest BCUT2D eigenvalue weighted by molar-refractivity contribution is 5.99. The normalized spacial score (nSPS) is 17.7. The predicted octanol–water partition coefficient (Wildman–Crippen LogP) is 4.32. The molecular weight excluding hydrogens is 404 g/mol. The molecule has 3 heterocycles. The van der Waals surface area contributed by atoms with Gasteiger partial charge in [0.15, 0.2) is 5.82 Å². The molecule has 8 heteroatoms. The van der Waals surface area contributed by atoms with Crippen LogP contribution in [0, 0.1) is 13.8 Å². The molecule has 8 nitrogen and oxygen atoms in total. The molecule has 0 aliphatic carbocycles. The molecule has 2 aromatic heterocycles. The number of aromatic nitrogens is 3. The lowest BCUT2D eigenvalue weighted by molar-refractivity contribution is 0.211. The summed E-state index contributed by atoms with van der Waals surface area (Å²) in [6.07, 6.45) is 7.09. The van der Waals surface area contributed by atoms with E-state index in [0.29, 0.717) is 23.8 Å². The van der Waals surface area contributed by atoms with Crippen LogP contribution in [0.3, 0.4) is 0 Å². The molecule has 3 aromatic rings. The summed E-state index contributed by atoms with van der Waals surface area (Å²) in [5, 5.41) is 8.96. The molecule has 166 valence electrons. The standard InChI is InChI=1S/C24H28N6O2/c1-16-11-18(6-8-21(16)32-15-24(3)9-4-10-27-24)20-13-25-14-22(29-20)30-23(31)28-19-7-5-17(2)26-12-19/h5-8,11-14,27H,4,9-10,15H2,1-3H3,(H2,28,29,30,31). The van der Waals surface area contributed by atoms with Crippen LogP contribution in [0.15, 0.2) is 48.9 Å². The Morgan fingerprint density at radius 1 is 1.16 bits per heavy atom. The molecule has 1 aliphatic rings. The first-order valence-corrected chi connectivity index (χ1v) is 10.7. The van der Waals surface area contributed by atoms with Crippen molar-refractivity contribution < 1.29 is 9.53 Å². The maximum atomic E-state index is 12.3. The summed E-state index contributed by atoms with van der Waals surface area (Å²) in [5.74, 6) is 1.22. The molecule has 1 aliphatic heterocycles. The number of hydrogen-bond donors (Lipinski definition) is 3. The van der Waals surface area contributed by atoms with E-state index in [4.69, 9.17) is 4.74 Å². The molecule has 1 saturated heterocycles. The summed E-state index contributed by atoms with van der Waals surface area (Å²) in [6, 6.07) is 9.15. The van der Waals surface area contributed by atoms with Crippen molar-refractivity contribution in [1.82, 2.24) is 20.3 Å². The Balaban J connectivity index is 1.41. The number of anilines is 2. The van der Waals surface area contributed by atoms with Crippen molar-refractivity contribution in [2.45, 2.75) is 39.2 Å². The Kier molecular flexibility index (Phi) is 6.32. The summed E-state index contributed by atoms with van der Waals surface area (Å²) < 4.78 is 6.09. The number of amides is 2. The first kappa shape index (κ1) is 21.7. The number of nitrogens with zero attached hydrogens (tertiary/aromatic N) is 3. The SMILES string of the molecule is Cc1ccc(NC(=O)Nc2cncc(-c3ccc(OCC4(C)CCCN4)c(C)c3)n2)cn1. The van der Waals surface area contributed by atoms with Gasteiger partial charge >= 0.3 is 6.03 Å². The van der Waals surface area contributed by atoms with E-state index >= 15 is 0 Å². The van der Waals surface area contributed by atoms with Crippen molar-refractivity contribution in [2.24, 2.45) is 0 Å². The van der Waals surface area contributed by atoms with Crippen LogP contribution in [0.25, 0.3) is 11.3 Å². The number of pyridine rings is 1. The van der Waals surface area contributed by atoms with Crippen LogP contribution in [0.1, 0.15) is 31.0 Å². The Hall–Kier alpha value is -3.52. The summed E-state index contributed by atoms with van der Waals surface area (Å²) in [7, 11) is 0. The number of ether oxygens (including phenoxy) is 1. The first-order valence-electron chi connectivity index (χ1n) is 10.7. The lowest BCUT2D eigenvalue weighted by atomic mass is 10.0. The monoisotopic (exact) mass is 432 g/mol. The van der Waals surface area contributed by atoms with Gasteiger partial charge in [-0.2, -0.15) is 0 Å². The fraction of sp³-hybridized carbons (Fsp3) is 0.333. The van der Waals surface area contributed by atoms with E-state index < -0.39 is 6.03 Å². The lowest BCUT2D eigenvalue weighted by Gasteiger charge is -2.25. The second kappa shape index (κ2) is 9.32. The number of rotatable bonds is 6. The fourth-order valence-corrected chi connectivity index (χ4v) is 3.67. The van der Waals surface area contributed by atoms with Gasteiger partial charge in [0.2, 0.25) is 0 Å². The molecule has 0 radical (unpaired) electrons. The average Bonchev–Trinajstić information content (AvgIpc) is 3.21. The number of nitrogens with one attached hydrogen (secondary N) is 3. The third-order valence-corrected chi connectivity index (χ3v) is 5.52. The second-order valence-corrected chi connectivity index (χ2v) is 8.42. The maximum absolute atomic E-state index is 12.3. The number of carbonyl (C=O) groups excluding carboxylic acids is 1. The molecule has 1 aromatic carbocycles. The molecule has 0 saturated carbocycles. The highest BCUT2D eigenvalue weighted by Crippen LogP contribution is 2.27. The zero-order valence-corrected chi connectivity index (χ0v) is 18.6. The van der Waals surface area contributed by atoms with Gasteiger partial charge < -0.3 is 15.4 Å². The molecular formula is C24H28N6O2. The van der Waals surface area contributed by atoms with E-state index in [1.54, 1.807) is 18.5 Å². The highest BCUT2D eigenvalue weighted by atomic mass is 16.5. The van der Waals surface area contributed by atoms with Gasteiger partial charge in [-0.3, -0.25) is 15.3 Å². The average molecular weight is 433 g/mol. The predicted molar refractivity (Wildman–Crippen MR) is 125 cm³/mol. The van der Waals surface area contributed by atoms with E-state index in [1.807, 2.05) is 38.1 Å². The van der Waals surface area contributed by atoms with Gasteiger partial charge in [0, 0.05) is 16.8 Å². The minimum Gasteiger partial charge on any atom is -0.491 e. The van der Waals surface area contributed by atoms with Crippen molar-refractivity contribution in [3.8, 4) is 17.0 Å². The van der Waals surface area contributed by atoms with Gasteiger partial charge in [-0.1, -0.05) is 0 Å². The molecule has 3 N–H and O–H groups in total. The highest BCUT2D eigenvalue weighted by Gasteiger charge is 2.28. The number of aryl methyl sites for hydroxylation is 2. The Morgan fingerprint density at radius 3 is 2.75 bits per heavy atom. The molecule has 1 fully saturated rings. The van der Waals surface area contributed by atoms with Crippen LogP contribution in [0.4, 0.5) is 16.3 Å². The van der Waals surface area contributed by atoms with E-state index in [2.05, 4.69) is 37.8 Å². The number of urea groups is 1. The third-order valence-electron chi connectivity index (χ3n) is 5.52. The smallest absolute Gasteiger partial charge is 0.324 e. The Bertz CT molecular complexity index is 1090. The Labute approximate surface area is 187 Å². The van der Waals surface area contributed by atoms with Crippen molar-refractivity contribution >= 4 is 17.5 Å². The number of carbonyl (C=O) groups is 1. The van der Waals surface area contributed by atoms with E-state index in [9.17, 15) is 4.79 Å². The van der Waals surface area contributed by atoms with Crippen molar-refractivity contribution in [3.05, 3.63) is 60.2 Å². The van der Waals surface area contributed by atoms with Gasteiger partial charge in [0.1, 0.15) is 12.4 Å². The zero-order valence-electron chi connectivity index (χ0n) is 18.6. The molecule has 1 atom stereocenters. The summed E-state index contributed by atoms with van der Waals surface area (Å²) in [6.45, 7) is 7.78. The van der Waals surface area contributed by atoms with Gasteiger partial charge in [0.25, 0.3) is 0 Å². The second-order valence-electron chi connectivity index (χ2n) is 8.42. The van der Waals surface area contributed by atoms with Crippen LogP contribution in [-0.4, -0.2) is 39.7 Å². The molecule has 2 amide bonds. The van der Waals surface area contributed by atoms with Crippen LogP contribution >= 0.6 is 0 Å². The zero-order chi connectivity index (χ0) is 22.6. The van der Waals surface area contributed by atoms with Gasteiger partial charge in [-0.15, -0.1) is 0 Å². The first-order chi connectivity index (χ1) is 15.4. The summed E-state index contributed by atoms with van der Waals surface area (Å²) in [4.78, 5) is 25.2. The minimum absolute atomic E-state index is 0.0335.